The van der Waals surface area contributed by atoms with Gasteiger partial charge in [0.2, 0.25) is 5.91 Å². The smallest absolute Gasteiger partial charge is 0.311 e. The highest BCUT2D eigenvalue weighted by Crippen LogP contribution is 2.34. The van der Waals surface area contributed by atoms with Gasteiger partial charge < -0.3 is 15.2 Å². The normalized spacial score (nSPS) is 27.8. The molecule has 1 fully saturated rings. The fraction of sp³-hybridized carbons (Fsp3) is 0.846. The summed E-state index contributed by atoms with van der Waals surface area (Å²) in [5.74, 6) is -0.0680. The Morgan fingerprint density at radius 1 is 1.28 bits per heavy atom. The SMILES string of the molecule is COC(=O)C1CCC(CCCC(N)=O)CC1OC. The first-order valence-corrected chi connectivity index (χ1v) is 6.47. The summed E-state index contributed by atoms with van der Waals surface area (Å²) in [5.41, 5.74) is 5.12. The van der Waals surface area contributed by atoms with Gasteiger partial charge in [0, 0.05) is 13.5 Å². The van der Waals surface area contributed by atoms with Crippen LogP contribution in [0, 0.1) is 11.8 Å². The standard InChI is InChI=1S/C13H23NO4/c1-17-11-8-9(4-3-5-12(14)15)6-7-10(11)13(16)18-2/h9-11H,3-8H2,1-2H3,(H2,14,15). The van der Waals surface area contributed by atoms with Gasteiger partial charge in [-0.15, -0.1) is 0 Å². The van der Waals surface area contributed by atoms with Gasteiger partial charge in [-0.25, -0.2) is 0 Å². The molecule has 104 valence electrons. The van der Waals surface area contributed by atoms with Crippen molar-refractivity contribution in [2.75, 3.05) is 14.2 Å². The molecule has 1 aliphatic carbocycles. The molecule has 5 heteroatoms. The maximum Gasteiger partial charge on any atom is 0.311 e. The number of esters is 1. The van der Waals surface area contributed by atoms with Crippen LogP contribution >= 0.6 is 0 Å². The minimum atomic E-state index is -0.249. The predicted molar refractivity (Wildman–Crippen MR) is 66.7 cm³/mol. The quantitative estimate of drug-likeness (QED) is 0.726. The van der Waals surface area contributed by atoms with Crippen LogP contribution in [0.3, 0.4) is 0 Å². The molecule has 18 heavy (non-hydrogen) atoms. The largest absolute Gasteiger partial charge is 0.469 e. The Morgan fingerprint density at radius 3 is 2.56 bits per heavy atom. The third kappa shape index (κ3) is 4.29. The van der Waals surface area contributed by atoms with Crippen LogP contribution in [0.25, 0.3) is 0 Å². The van der Waals surface area contributed by atoms with Gasteiger partial charge in [0.25, 0.3) is 0 Å². The number of primary amides is 1. The summed E-state index contributed by atoms with van der Waals surface area (Å²) >= 11 is 0. The third-order valence-electron chi connectivity index (χ3n) is 3.74. The molecule has 0 bridgehead atoms. The van der Waals surface area contributed by atoms with Crippen molar-refractivity contribution >= 4 is 11.9 Å². The van der Waals surface area contributed by atoms with Gasteiger partial charge >= 0.3 is 5.97 Å². The van der Waals surface area contributed by atoms with Crippen LogP contribution in [-0.2, 0) is 19.1 Å². The number of hydrogen-bond donors (Lipinski definition) is 1. The Bertz CT molecular complexity index is 293. The van der Waals surface area contributed by atoms with E-state index >= 15 is 0 Å². The Kier molecular flexibility index (Phi) is 6.12. The van der Waals surface area contributed by atoms with Crippen LogP contribution in [-0.4, -0.2) is 32.2 Å². The van der Waals surface area contributed by atoms with Crippen molar-refractivity contribution in [1.82, 2.24) is 0 Å². The molecule has 0 heterocycles. The molecule has 0 aromatic heterocycles. The van der Waals surface area contributed by atoms with Crippen molar-refractivity contribution in [1.29, 1.82) is 0 Å². The van der Waals surface area contributed by atoms with Crippen LogP contribution in [0.5, 0.6) is 0 Å². The molecule has 1 aliphatic rings. The van der Waals surface area contributed by atoms with Crippen molar-refractivity contribution < 1.29 is 19.1 Å². The number of nitrogens with two attached hydrogens (primary N) is 1. The fourth-order valence-electron chi connectivity index (χ4n) is 2.72. The Labute approximate surface area is 108 Å². The molecule has 3 atom stereocenters. The molecule has 0 aromatic rings. The molecule has 0 aliphatic heterocycles. The summed E-state index contributed by atoms with van der Waals surface area (Å²) in [4.78, 5) is 22.3. The molecular formula is C13H23NO4. The zero-order valence-corrected chi connectivity index (χ0v) is 11.2. The maximum atomic E-state index is 11.6. The number of ether oxygens (including phenoxy) is 2. The average Bonchev–Trinajstić information content (AvgIpc) is 2.37. The lowest BCUT2D eigenvalue weighted by Crippen LogP contribution is -2.36. The number of amides is 1. The lowest BCUT2D eigenvalue weighted by atomic mass is 9.77. The Hall–Kier alpha value is -1.10. The Balaban J connectivity index is 2.40. The first kappa shape index (κ1) is 15.0. The van der Waals surface area contributed by atoms with Crippen molar-refractivity contribution in [2.45, 2.75) is 44.6 Å². The van der Waals surface area contributed by atoms with Crippen molar-refractivity contribution in [3.63, 3.8) is 0 Å². The van der Waals surface area contributed by atoms with E-state index in [0.29, 0.717) is 12.3 Å². The lowest BCUT2D eigenvalue weighted by molar-refractivity contribution is -0.153. The van der Waals surface area contributed by atoms with E-state index in [4.69, 9.17) is 15.2 Å². The van der Waals surface area contributed by atoms with E-state index in [2.05, 4.69) is 0 Å². The minimum absolute atomic E-state index is 0.0650. The Morgan fingerprint density at radius 2 is 2.00 bits per heavy atom. The number of carbonyl (C=O) groups is 2. The van der Waals surface area contributed by atoms with Gasteiger partial charge in [0.15, 0.2) is 0 Å². The topological polar surface area (TPSA) is 78.6 Å². The highest BCUT2D eigenvalue weighted by molar-refractivity contribution is 5.73. The minimum Gasteiger partial charge on any atom is -0.469 e. The van der Waals surface area contributed by atoms with E-state index < -0.39 is 0 Å². The molecule has 1 rings (SSSR count). The molecule has 1 saturated carbocycles. The third-order valence-corrected chi connectivity index (χ3v) is 3.74. The number of rotatable bonds is 6. The molecule has 0 saturated heterocycles. The van der Waals surface area contributed by atoms with E-state index in [9.17, 15) is 9.59 Å². The van der Waals surface area contributed by atoms with Crippen LogP contribution in [0.4, 0.5) is 0 Å². The number of hydrogen-bond acceptors (Lipinski definition) is 4. The molecule has 0 radical (unpaired) electrons. The van der Waals surface area contributed by atoms with Gasteiger partial charge in [-0.2, -0.15) is 0 Å². The predicted octanol–water partition coefficient (Wildman–Crippen LogP) is 1.25. The van der Waals surface area contributed by atoms with Crippen LogP contribution in [0.15, 0.2) is 0 Å². The zero-order valence-electron chi connectivity index (χ0n) is 11.2. The van der Waals surface area contributed by atoms with Crippen LogP contribution in [0.2, 0.25) is 0 Å². The average molecular weight is 257 g/mol. The summed E-state index contributed by atoms with van der Waals surface area (Å²) < 4.78 is 10.2. The molecule has 5 nitrogen and oxygen atoms in total. The fourth-order valence-corrected chi connectivity index (χ4v) is 2.72. The highest BCUT2D eigenvalue weighted by Gasteiger charge is 2.35. The van der Waals surface area contributed by atoms with Crippen LogP contribution < -0.4 is 5.73 Å². The molecular weight excluding hydrogens is 234 g/mol. The van der Waals surface area contributed by atoms with Crippen molar-refractivity contribution in [3.05, 3.63) is 0 Å². The van der Waals surface area contributed by atoms with Gasteiger partial charge in [-0.3, -0.25) is 9.59 Å². The van der Waals surface area contributed by atoms with Gasteiger partial charge in [-0.1, -0.05) is 0 Å². The van der Waals surface area contributed by atoms with E-state index in [0.717, 1.165) is 32.1 Å². The zero-order chi connectivity index (χ0) is 13.5. The van der Waals surface area contributed by atoms with Crippen molar-refractivity contribution in [3.8, 4) is 0 Å². The van der Waals surface area contributed by atoms with E-state index in [1.807, 2.05) is 0 Å². The summed E-state index contributed by atoms with van der Waals surface area (Å²) in [6.07, 6.45) is 4.80. The van der Waals surface area contributed by atoms with Gasteiger partial charge in [-0.05, 0) is 38.0 Å². The maximum absolute atomic E-state index is 11.6. The summed E-state index contributed by atoms with van der Waals surface area (Å²) in [5, 5.41) is 0. The molecule has 2 N–H and O–H groups in total. The van der Waals surface area contributed by atoms with Gasteiger partial charge in [0.05, 0.1) is 19.1 Å². The first-order chi connectivity index (χ1) is 8.58. The first-order valence-electron chi connectivity index (χ1n) is 6.47. The highest BCUT2D eigenvalue weighted by atomic mass is 16.5. The van der Waals surface area contributed by atoms with E-state index in [1.54, 1.807) is 7.11 Å². The summed E-state index contributed by atoms with van der Waals surface area (Å²) in [6, 6.07) is 0. The summed E-state index contributed by atoms with van der Waals surface area (Å²) in [7, 11) is 3.04. The second-order valence-corrected chi connectivity index (χ2v) is 4.94. The van der Waals surface area contributed by atoms with Crippen molar-refractivity contribution in [2.24, 2.45) is 17.6 Å². The molecule has 0 spiro atoms. The lowest BCUT2D eigenvalue weighted by Gasteiger charge is -2.33. The van der Waals surface area contributed by atoms with E-state index in [-0.39, 0.29) is 23.9 Å². The monoisotopic (exact) mass is 257 g/mol. The second-order valence-electron chi connectivity index (χ2n) is 4.94. The second kappa shape index (κ2) is 7.36. The number of methoxy groups -OCH3 is 2. The number of carbonyl (C=O) groups excluding carboxylic acids is 2. The summed E-state index contributed by atoms with van der Waals surface area (Å²) in [6.45, 7) is 0. The molecule has 0 aromatic carbocycles. The van der Waals surface area contributed by atoms with E-state index in [1.165, 1.54) is 7.11 Å². The molecule has 1 amide bonds. The van der Waals surface area contributed by atoms with Gasteiger partial charge in [0.1, 0.15) is 0 Å². The molecule has 3 unspecified atom stereocenters. The van der Waals surface area contributed by atoms with Crippen LogP contribution in [0.1, 0.15) is 38.5 Å².